The minimum Gasteiger partial charge on any atom is -0.326 e. The van der Waals surface area contributed by atoms with Crippen LogP contribution in [0.1, 0.15) is 44.4 Å². The van der Waals surface area contributed by atoms with Crippen LogP contribution in [0.3, 0.4) is 0 Å². The highest BCUT2D eigenvalue weighted by molar-refractivity contribution is 5.26. The van der Waals surface area contributed by atoms with Gasteiger partial charge in [0, 0.05) is 37.3 Å². The largest absolute Gasteiger partial charge is 0.326 e. The molecule has 0 spiro atoms. The molecule has 0 bridgehead atoms. The van der Waals surface area contributed by atoms with Gasteiger partial charge in [-0.2, -0.15) is 0 Å². The highest BCUT2D eigenvalue weighted by atomic mass is 15.3. The topological polar surface area (TPSA) is 32.5 Å². The average molecular weight is 289 g/mol. The Hall–Kier alpha value is -0.900. The van der Waals surface area contributed by atoms with Crippen molar-refractivity contribution in [1.82, 2.24) is 9.80 Å². The maximum absolute atomic E-state index is 6.50. The van der Waals surface area contributed by atoms with E-state index in [1.807, 2.05) is 0 Å². The molecule has 0 saturated carbocycles. The normalized spacial score (nSPS) is 23.0. The fourth-order valence-corrected chi connectivity index (χ4v) is 3.32. The van der Waals surface area contributed by atoms with Crippen LogP contribution in [0.2, 0.25) is 0 Å². The number of aryl methyl sites for hydroxylation is 1. The molecule has 2 rings (SSSR count). The Balaban J connectivity index is 2.29. The summed E-state index contributed by atoms with van der Waals surface area (Å²) in [6.07, 6.45) is 1.01. The van der Waals surface area contributed by atoms with Gasteiger partial charge in [0.2, 0.25) is 0 Å². The Morgan fingerprint density at radius 1 is 1.29 bits per heavy atom. The number of rotatable bonds is 4. The van der Waals surface area contributed by atoms with Crippen LogP contribution >= 0.6 is 0 Å². The molecule has 2 N–H and O–H groups in total. The third-order valence-electron chi connectivity index (χ3n) is 5.00. The van der Waals surface area contributed by atoms with Gasteiger partial charge in [-0.25, -0.2) is 0 Å². The van der Waals surface area contributed by atoms with Crippen molar-refractivity contribution in [3.8, 4) is 0 Å². The first-order chi connectivity index (χ1) is 9.85. The van der Waals surface area contributed by atoms with E-state index in [4.69, 9.17) is 5.73 Å². The predicted molar refractivity (Wildman–Crippen MR) is 90.5 cm³/mol. The first-order valence-electron chi connectivity index (χ1n) is 8.12. The van der Waals surface area contributed by atoms with Gasteiger partial charge < -0.3 is 5.73 Å². The Morgan fingerprint density at radius 2 is 2.00 bits per heavy atom. The van der Waals surface area contributed by atoms with Crippen LogP contribution in [-0.2, 0) is 0 Å². The minimum atomic E-state index is 0.186. The molecule has 0 aliphatic carbocycles. The third kappa shape index (κ3) is 3.65. The van der Waals surface area contributed by atoms with Crippen LogP contribution in [0.5, 0.6) is 0 Å². The Morgan fingerprint density at radius 3 is 2.57 bits per heavy atom. The molecule has 3 nitrogen and oxygen atoms in total. The van der Waals surface area contributed by atoms with Crippen molar-refractivity contribution < 1.29 is 0 Å². The molecule has 118 valence electrons. The van der Waals surface area contributed by atoms with E-state index >= 15 is 0 Å². The van der Waals surface area contributed by atoms with Crippen LogP contribution < -0.4 is 5.73 Å². The number of hydrogen-bond acceptors (Lipinski definition) is 3. The van der Waals surface area contributed by atoms with Crippen molar-refractivity contribution in [1.29, 1.82) is 0 Å². The van der Waals surface area contributed by atoms with Gasteiger partial charge >= 0.3 is 0 Å². The number of piperazine rings is 1. The van der Waals surface area contributed by atoms with E-state index in [9.17, 15) is 0 Å². The maximum Gasteiger partial charge on any atom is 0.0500 e. The zero-order valence-electron chi connectivity index (χ0n) is 14.3. The molecule has 1 fully saturated rings. The molecule has 3 heteroatoms. The summed E-state index contributed by atoms with van der Waals surface area (Å²) in [4.78, 5) is 5.04. The molecule has 1 aromatic carbocycles. The predicted octanol–water partition coefficient (Wildman–Crippen LogP) is 2.80. The van der Waals surface area contributed by atoms with Crippen LogP contribution in [0.15, 0.2) is 24.3 Å². The summed E-state index contributed by atoms with van der Waals surface area (Å²) in [5, 5.41) is 0. The lowest BCUT2D eigenvalue weighted by atomic mass is 9.91. The molecule has 1 heterocycles. The lowest BCUT2D eigenvalue weighted by Gasteiger charge is -2.49. The molecule has 1 aliphatic heterocycles. The quantitative estimate of drug-likeness (QED) is 0.925. The molecule has 2 unspecified atom stereocenters. The van der Waals surface area contributed by atoms with Gasteiger partial charge in [0.25, 0.3) is 0 Å². The molecule has 0 amide bonds. The van der Waals surface area contributed by atoms with Crippen molar-refractivity contribution in [2.75, 3.05) is 26.7 Å². The number of hydrogen-bond donors (Lipinski definition) is 1. The standard InChI is InChI=1S/C18H31N3/c1-6-16(19)17(15-9-7-8-14(2)12-15)21-11-10-20(5)18(3,4)13-21/h7-9,12,16-17H,6,10-11,13,19H2,1-5H3. The first kappa shape index (κ1) is 16.5. The molecular formula is C18H31N3. The van der Waals surface area contributed by atoms with Crippen LogP contribution in [0, 0.1) is 6.92 Å². The lowest BCUT2D eigenvalue weighted by Crippen LogP contribution is -2.59. The summed E-state index contributed by atoms with van der Waals surface area (Å²) >= 11 is 0. The smallest absolute Gasteiger partial charge is 0.0500 e. The first-order valence-corrected chi connectivity index (χ1v) is 8.12. The highest BCUT2D eigenvalue weighted by Crippen LogP contribution is 2.30. The van der Waals surface area contributed by atoms with Crippen LogP contribution in [-0.4, -0.2) is 48.1 Å². The minimum absolute atomic E-state index is 0.186. The second-order valence-electron chi connectivity index (χ2n) is 7.14. The summed E-state index contributed by atoms with van der Waals surface area (Å²) in [5.41, 5.74) is 9.38. The molecule has 0 radical (unpaired) electrons. The van der Waals surface area contributed by atoms with Gasteiger partial charge in [-0.3, -0.25) is 9.80 Å². The van der Waals surface area contributed by atoms with Crippen molar-refractivity contribution in [3.05, 3.63) is 35.4 Å². The number of nitrogens with zero attached hydrogens (tertiary/aromatic N) is 2. The van der Waals surface area contributed by atoms with Crippen molar-refractivity contribution in [2.24, 2.45) is 5.73 Å². The molecule has 2 atom stereocenters. The van der Waals surface area contributed by atoms with E-state index in [2.05, 4.69) is 68.8 Å². The van der Waals surface area contributed by atoms with E-state index < -0.39 is 0 Å². The third-order valence-corrected chi connectivity index (χ3v) is 5.00. The van der Waals surface area contributed by atoms with Gasteiger partial charge in [-0.15, -0.1) is 0 Å². The Labute approximate surface area is 130 Å². The van der Waals surface area contributed by atoms with Gasteiger partial charge in [-0.1, -0.05) is 36.8 Å². The number of likely N-dealkylation sites (N-methyl/N-ethyl adjacent to an activating group) is 1. The monoisotopic (exact) mass is 289 g/mol. The van der Waals surface area contributed by atoms with Crippen LogP contribution in [0.25, 0.3) is 0 Å². The van der Waals surface area contributed by atoms with Crippen molar-refractivity contribution in [2.45, 2.75) is 51.7 Å². The molecule has 0 aromatic heterocycles. The molecule has 1 aliphatic rings. The van der Waals surface area contributed by atoms with Crippen molar-refractivity contribution >= 4 is 0 Å². The van der Waals surface area contributed by atoms with E-state index in [1.165, 1.54) is 11.1 Å². The average Bonchev–Trinajstić information content (AvgIpc) is 2.42. The fraction of sp³-hybridized carbons (Fsp3) is 0.667. The van der Waals surface area contributed by atoms with E-state index in [1.54, 1.807) is 0 Å². The summed E-state index contributed by atoms with van der Waals surface area (Å²) in [7, 11) is 2.22. The van der Waals surface area contributed by atoms with Gasteiger partial charge in [0.05, 0.1) is 0 Å². The van der Waals surface area contributed by atoms with E-state index in [0.29, 0.717) is 6.04 Å². The second-order valence-corrected chi connectivity index (χ2v) is 7.14. The summed E-state index contributed by atoms with van der Waals surface area (Å²) in [6, 6.07) is 9.35. The van der Waals surface area contributed by atoms with Gasteiger partial charge in [-0.05, 0) is 39.8 Å². The molecule has 1 aromatic rings. The number of benzene rings is 1. The molecule has 1 saturated heterocycles. The van der Waals surface area contributed by atoms with Gasteiger partial charge in [0.15, 0.2) is 0 Å². The zero-order valence-corrected chi connectivity index (χ0v) is 14.3. The highest BCUT2D eigenvalue weighted by Gasteiger charge is 2.36. The van der Waals surface area contributed by atoms with E-state index in [-0.39, 0.29) is 11.6 Å². The van der Waals surface area contributed by atoms with E-state index in [0.717, 1.165) is 26.1 Å². The summed E-state index contributed by atoms with van der Waals surface area (Å²) in [5.74, 6) is 0. The fourth-order valence-electron chi connectivity index (χ4n) is 3.32. The van der Waals surface area contributed by atoms with Gasteiger partial charge in [0.1, 0.15) is 0 Å². The second kappa shape index (κ2) is 6.47. The number of nitrogens with two attached hydrogens (primary N) is 1. The molecule has 21 heavy (non-hydrogen) atoms. The van der Waals surface area contributed by atoms with Crippen LogP contribution in [0.4, 0.5) is 0 Å². The SMILES string of the molecule is CCC(N)C(c1cccc(C)c1)N1CCN(C)C(C)(C)C1. The lowest BCUT2D eigenvalue weighted by molar-refractivity contribution is 0.00954. The molecular weight excluding hydrogens is 258 g/mol. The van der Waals surface area contributed by atoms with Crippen molar-refractivity contribution in [3.63, 3.8) is 0 Å². The summed E-state index contributed by atoms with van der Waals surface area (Å²) < 4.78 is 0. The Kier molecular flexibility index (Phi) is 5.07. The zero-order chi connectivity index (χ0) is 15.6. The maximum atomic E-state index is 6.50. The summed E-state index contributed by atoms with van der Waals surface area (Å²) in [6.45, 7) is 12.3. The Bertz CT molecular complexity index is 469.